The Hall–Kier alpha value is -1.73. The number of likely N-dealkylation sites (tertiary alicyclic amines) is 1. The van der Waals surface area contributed by atoms with Gasteiger partial charge in [-0.2, -0.15) is 5.10 Å². The Labute approximate surface area is 140 Å². The van der Waals surface area contributed by atoms with E-state index < -0.39 is 5.91 Å². The second kappa shape index (κ2) is 7.23. The molecule has 1 fully saturated rings. The summed E-state index contributed by atoms with van der Waals surface area (Å²) < 4.78 is 0. The third-order valence-electron chi connectivity index (χ3n) is 4.30. The van der Waals surface area contributed by atoms with Gasteiger partial charge in [0.1, 0.15) is 0 Å². The molecule has 1 saturated heterocycles. The van der Waals surface area contributed by atoms with Gasteiger partial charge in [-0.1, -0.05) is 6.92 Å². The van der Waals surface area contributed by atoms with E-state index in [1.54, 1.807) is 11.3 Å². The van der Waals surface area contributed by atoms with Gasteiger partial charge in [-0.15, -0.1) is 11.3 Å². The molecule has 0 aliphatic carbocycles. The molecule has 3 rings (SSSR count). The SMILES string of the molecule is CCCc1nc(CN2CCC[C@@H](c3[nH]ncc3C(N)=O)C2)cs1. The number of amides is 1. The maximum Gasteiger partial charge on any atom is 0.252 e. The first-order valence-corrected chi connectivity index (χ1v) is 9.04. The van der Waals surface area contributed by atoms with Crippen molar-refractivity contribution in [3.05, 3.63) is 33.5 Å². The van der Waals surface area contributed by atoms with E-state index in [0.29, 0.717) is 5.56 Å². The molecule has 2 aromatic rings. The predicted molar refractivity (Wildman–Crippen MR) is 90.5 cm³/mol. The van der Waals surface area contributed by atoms with Crippen molar-refractivity contribution >= 4 is 17.2 Å². The molecule has 0 bridgehead atoms. The van der Waals surface area contributed by atoms with Gasteiger partial charge >= 0.3 is 0 Å². The second-order valence-electron chi connectivity index (χ2n) is 6.12. The molecule has 1 amide bonds. The van der Waals surface area contributed by atoms with Gasteiger partial charge in [-0.3, -0.25) is 14.8 Å². The Morgan fingerprint density at radius 1 is 1.57 bits per heavy atom. The van der Waals surface area contributed by atoms with Crippen LogP contribution in [-0.4, -0.2) is 39.1 Å². The number of primary amides is 1. The Morgan fingerprint density at radius 2 is 2.43 bits per heavy atom. The lowest BCUT2D eigenvalue weighted by Crippen LogP contribution is -2.34. The molecule has 0 aromatic carbocycles. The lowest BCUT2D eigenvalue weighted by atomic mass is 9.92. The van der Waals surface area contributed by atoms with Gasteiger partial charge in [-0.05, 0) is 32.2 Å². The number of aryl methyl sites for hydroxylation is 1. The lowest BCUT2D eigenvalue weighted by molar-refractivity contribution is 0.0997. The highest BCUT2D eigenvalue weighted by atomic mass is 32.1. The zero-order valence-corrected chi connectivity index (χ0v) is 14.2. The fraction of sp³-hybridized carbons (Fsp3) is 0.562. The van der Waals surface area contributed by atoms with Crippen molar-refractivity contribution in [2.45, 2.75) is 45.1 Å². The first-order chi connectivity index (χ1) is 11.2. The van der Waals surface area contributed by atoms with Crippen molar-refractivity contribution < 1.29 is 4.79 Å². The lowest BCUT2D eigenvalue weighted by Gasteiger charge is -2.32. The second-order valence-corrected chi connectivity index (χ2v) is 7.06. The van der Waals surface area contributed by atoms with E-state index in [1.807, 2.05) is 0 Å². The topological polar surface area (TPSA) is 87.9 Å². The predicted octanol–water partition coefficient (Wildman–Crippen LogP) is 2.30. The van der Waals surface area contributed by atoms with Gasteiger partial charge in [0, 0.05) is 24.4 Å². The first kappa shape index (κ1) is 16.1. The van der Waals surface area contributed by atoms with Crippen LogP contribution in [0.5, 0.6) is 0 Å². The summed E-state index contributed by atoms with van der Waals surface area (Å²) in [6.45, 7) is 5.02. The minimum absolute atomic E-state index is 0.280. The number of aromatic amines is 1. The third-order valence-corrected chi connectivity index (χ3v) is 5.25. The maximum absolute atomic E-state index is 11.5. The summed E-state index contributed by atoms with van der Waals surface area (Å²) in [5.41, 5.74) is 7.99. The van der Waals surface area contributed by atoms with Crippen LogP contribution in [0, 0.1) is 0 Å². The molecule has 6 nitrogen and oxygen atoms in total. The van der Waals surface area contributed by atoms with Gasteiger partial charge in [0.2, 0.25) is 0 Å². The average Bonchev–Trinajstić information content (AvgIpc) is 3.17. The fourth-order valence-corrected chi connectivity index (χ4v) is 4.11. The third kappa shape index (κ3) is 3.79. The van der Waals surface area contributed by atoms with Crippen molar-refractivity contribution in [3.63, 3.8) is 0 Å². The van der Waals surface area contributed by atoms with Crippen LogP contribution in [0.15, 0.2) is 11.6 Å². The summed E-state index contributed by atoms with van der Waals surface area (Å²) >= 11 is 1.75. The van der Waals surface area contributed by atoms with E-state index in [2.05, 4.69) is 27.4 Å². The van der Waals surface area contributed by atoms with Crippen LogP contribution in [-0.2, 0) is 13.0 Å². The molecule has 0 saturated carbocycles. The van der Waals surface area contributed by atoms with Gasteiger partial charge < -0.3 is 5.73 Å². The number of H-pyrrole nitrogens is 1. The number of rotatable bonds is 6. The summed E-state index contributed by atoms with van der Waals surface area (Å²) in [7, 11) is 0. The van der Waals surface area contributed by atoms with Crippen LogP contribution in [0.25, 0.3) is 0 Å². The number of nitrogens with one attached hydrogen (secondary N) is 1. The molecule has 1 atom stereocenters. The van der Waals surface area contributed by atoms with Crippen LogP contribution < -0.4 is 5.73 Å². The van der Waals surface area contributed by atoms with Gasteiger partial charge in [-0.25, -0.2) is 4.98 Å². The monoisotopic (exact) mass is 333 g/mol. The molecule has 23 heavy (non-hydrogen) atoms. The molecule has 124 valence electrons. The summed E-state index contributed by atoms with van der Waals surface area (Å²) in [6, 6.07) is 0. The molecule has 3 N–H and O–H groups in total. The number of nitrogens with two attached hydrogens (primary N) is 1. The number of nitrogens with zero attached hydrogens (tertiary/aromatic N) is 3. The van der Waals surface area contributed by atoms with E-state index in [0.717, 1.165) is 56.7 Å². The molecule has 7 heteroatoms. The zero-order valence-electron chi connectivity index (χ0n) is 13.4. The van der Waals surface area contributed by atoms with Crippen molar-refractivity contribution in [1.29, 1.82) is 0 Å². The maximum atomic E-state index is 11.5. The zero-order chi connectivity index (χ0) is 16.2. The quantitative estimate of drug-likeness (QED) is 0.849. The van der Waals surface area contributed by atoms with E-state index in [1.165, 1.54) is 11.2 Å². The normalized spacial score (nSPS) is 19.1. The molecule has 2 aromatic heterocycles. The summed E-state index contributed by atoms with van der Waals surface area (Å²) in [6.07, 6.45) is 5.89. The van der Waals surface area contributed by atoms with E-state index in [-0.39, 0.29) is 5.92 Å². The largest absolute Gasteiger partial charge is 0.365 e. The average molecular weight is 333 g/mol. The minimum atomic E-state index is -0.408. The number of carbonyl (C=O) groups excluding carboxylic acids is 1. The first-order valence-electron chi connectivity index (χ1n) is 8.16. The standard InChI is InChI=1S/C16H23N5OS/c1-2-4-14-19-12(10-23-14)9-21-6-3-5-11(8-21)15-13(16(17)22)7-18-20-15/h7,10-11H,2-6,8-9H2,1H3,(H2,17,22)(H,18,20)/t11-/m1/s1. The molecular weight excluding hydrogens is 310 g/mol. The summed E-state index contributed by atoms with van der Waals surface area (Å²) in [5, 5.41) is 10.4. The molecule has 0 radical (unpaired) electrons. The summed E-state index contributed by atoms with van der Waals surface area (Å²) in [5.74, 6) is -0.128. The summed E-state index contributed by atoms with van der Waals surface area (Å²) in [4.78, 5) is 18.6. The van der Waals surface area contributed by atoms with Crippen LogP contribution >= 0.6 is 11.3 Å². The fourth-order valence-electron chi connectivity index (χ4n) is 3.22. The van der Waals surface area contributed by atoms with E-state index in [9.17, 15) is 4.79 Å². The van der Waals surface area contributed by atoms with Gasteiger partial charge in [0.25, 0.3) is 5.91 Å². The molecule has 3 heterocycles. The number of hydrogen-bond donors (Lipinski definition) is 2. The molecule has 0 spiro atoms. The van der Waals surface area contributed by atoms with Crippen molar-refractivity contribution in [2.24, 2.45) is 5.73 Å². The Morgan fingerprint density at radius 3 is 3.22 bits per heavy atom. The van der Waals surface area contributed by atoms with Crippen LogP contribution in [0.1, 0.15) is 58.9 Å². The number of hydrogen-bond acceptors (Lipinski definition) is 5. The number of carbonyl (C=O) groups is 1. The number of thiazole rings is 1. The van der Waals surface area contributed by atoms with Crippen LogP contribution in [0.4, 0.5) is 0 Å². The van der Waals surface area contributed by atoms with E-state index in [4.69, 9.17) is 10.7 Å². The number of piperidine rings is 1. The smallest absolute Gasteiger partial charge is 0.252 e. The highest BCUT2D eigenvalue weighted by Gasteiger charge is 2.26. The number of aromatic nitrogens is 3. The highest BCUT2D eigenvalue weighted by molar-refractivity contribution is 7.09. The molecular formula is C16H23N5OS. The Bertz CT molecular complexity index is 665. The van der Waals surface area contributed by atoms with Crippen LogP contribution in [0.2, 0.25) is 0 Å². The van der Waals surface area contributed by atoms with Crippen LogP contribution in [0.3, 0.4) is 0 Å². The van der Waals surface area contributed by atoms with Gasteiger partial charge in [0.05, 0.1) is 28.2 Å². The molecule has 0 unspecified atom stereocenters. The van der Waals surface area contributed by atoms with Crippen molar-refractivity contribution in [3.8, 4) is 0 Å². The molecule has 1 aliphatic heterocycles. The van der Waals surface area contributed by atoms with Crippen molar-refractivity contribution in [2.75, 3.05) is 13.1 Å². The highest BCUT2D eigenvalue weighted by Crippen LogP contribution is 2.28. The molecule has 1 aliphatic rings. The Kier molecular flexibility index (Phi) is 5.07. The van der Waals surface area contributed by atoms with E-state index >= 15 is 0 Å². The van der Waals surface area contributed by atoms with Gasteiger partial charge in [0.15, 0.2) is 0 Å². The van der Waals surface area contributed by atoms with Crippen molar-refractivity contribution in [1.82, 2.24) is 20.1 Å². The minimum Gasteiger partial charge on any atom is -0.365 e. The Balaban J connectivity index is 1.65.